The summed E-state index contributed by atoms with van der Waals surface area (Å²) in [5.74, 6) is 7.61. The molecule has 3 fully saturated rings. The first-order valence-corrected chi connectivity index (χ1v) is 13.0. The quantitative estimate of drug-likeness (QED) is 0.432. The van der Waals surface area contributed by atoms with E-state index in [0.717, 1.165) is 55.2 Å². The number of aliphatic hydroxyl groups excluding tert-OH is 2. The van der Waals surface area contributed by atoms with E-state index in [0.29, 0.717) is 31.1 Å². The standard InChI is InChI=1S/C30H44O3/c1-6-30(33,7-2)18-9-8-11-21(3)26-15-16-27-23(12-10-17-29(26,27)5)13-14-24-19-25(31)20-28(32)22(24)4/h13-14,25-28,31-33H,3-4,6-7,9-10,12,15-20H2,1-2,5H3/b23-13+,24-14-/t25-,26-,27+,28+,29-/m1/s1. The van der Waals surface area contributed by atoms with Gasteiger partial charge in [-0.25, -0.2) is 0 Å². The molecule has 182 valence electrons. The third kappa shape index (κ3) is 5.73. The van der Waals surface area contributed by atoms with E-state index in [4.69, 9.17) is 0 Å². The van der Waals surface area contributed by atoms with Crippen molar-refractivity contribution in [2.75, 3.05) is 0 Å². The largest absolute Gasteiger partial charge is 0.393 e. The van der Waals surface area contributed by atoms with Crippen LogP contribution >= 0.6 is 0 Å². The highest BCUT2D eigenvalue weighted by Crippen LogP contribution is 2.59. The van der Waals surface area contributed by atoms with E-state index in [1.807, 2.05) is 13.8 Å². The van der Waals surface area contributed by atoms with Gasteiger partial charge in [0.1, 0.15) is 0 Å². The van der Waals surface area contributed by atoms with Crippen LogP contribution in [0, 0.1) is 29.1 Å². The van der Waals surface area contributed by atoms with Gasteiger partial charge >= 0.3 is 0 Å². The zero-order valence-electron chi connectivity index (χ0n) is 21.0. The highest BCUT2D eigenvalue weighted by molar-refractivity contribution is 5.39. The summed E-state index contributed by atoms with van der Waals surface area (Å²) in [6.07, 6.45) is 12.9. The van der Waals surface area contributed by atoms with Crippen LogP contribution < -0.4 is 0 Å². The lowest BCUT2D eigenvalue weighted by molar-refractivity contribution is 0.0251. The Morgan fingerprint density at radius 1 is 1.21 bits per heavy atom. The van der Waals surface area contributed by atoms with Crippen LogP contribution in [0.15, 0.2) is 47.6 Å². The zero-order chi connectivity index (χ0) is 24.2. The maximum absolute atomic E-state index is 10.5. The lowest BCUT2D eigenvalue weighted by Crippen LogP contribution is -2.33. The van der Waals surface area contributed by atoms with Crippen LogP contribution in [0.3, 0.4) is 0 Å². The molecule has 0 aromatic heterocycles. The molecule has 0 spiro atoms. The van der Waals surface area contributed by atoms with Gasteiger partial charge in [-0.2, -0.15) is 0 Å². The molecule has 0 aliphatic heterocycles. The molecule has 3 heteroatoms. The molecule has 0 aromatic rings. The van der Waals surface area contributed by atoms with Gasteiger partial charge in [-0.1, -0.05) is 63.5 Å². The zero-order valence-corrected chi connectivity index (χ0v) is 21.0. The fourth-order valence-corrected chi connectivity index (χ4v) is 6.44. The van der Waals surface area contributed by atoms with Crippen LogP contribution in [0.2, 0.25) is 0 Å². The second kappa shape index (κ2) is 10.8. The first kappa shape index (κ1) is 26.0. The van der Waals surface area contributed by atoms with E-state index >= 15 is 0 Å². The van der Waals surface area contributed by atoms with E-state index < -0.39 is 17.8 Å². The SMILES string of the molecule is C=C(C#CCCC(O)(CC)CC)[C@H]1CC[C@H]2/C(=C/C=C3/C[C@@H](O)C[C@H](O)C3=C)CCC[C@]12C. The molecule has 0 aromatic carbocycles. The van der Waals surface area contributed by atoms with Crippen molar-refractivity contribution >= 4 is 0 Å². The molecule has 3 aliphatic rings. The number of hydrogen-bond acceptors (Lipinski definition) is 3. The van der Waals surface area contributed by atoms with Gasteiger partial charge in [0, 0.05) is 12.8 Å². The molecular formula is C30H44O3. The van der Waals surface area contributed by atoms with Crippen molar-refractivity contribution in [1.82, 2.24) is 0 Å². The van der Waals surface area contributed by atoms with E-state index in [1.165, 1.54) is 18.4 Å². The highest BCUT2D eigenvalue weighted by atomic mass is 16.3. The average Bonchev–Trinajstić information content (AvgIpc) is 3.15. The van der Waals surface area contributed by atoms with Gasteiger partial charge in [0.05, 0.1) is 17.8 Å². The summed E-state index contributed by atoms with van der Waals surface area (Å²) in [4.78, 5) is 0. The second-order valence-corrected chi connectivity index (χ2v) is 10.9. The molecule has 3 nitrogen and oxygen atoms in total. The number of fused-ring (bicyclic) bond motifs is 1. The van der Waals surface area contributed by atoms with Gasteiger partial charge in [0.25, 0.3) is 0 Å². The van der Waals surface area contributed by atoms with Gasteiger partial charge in [-0.15, -0.1) is 0 Å². The Balaban J connectivity index is 1.70. The van der Waals surface area contributed by atoms with Gasteiger partial charge in [0.15, 0.2) is 0 Å². The van der Waals surface area contributed by atoms with E-state index in [-0.39, 0.29) is 5.41 Å². The first-order chi connectivity index (χ1) is 15.6. The number of rotatable bonds is 6. The molecule has 0 unspecified atom stereocenters. The van der Waals surface area contributed by atoms with Crippen molar-refractivity contribution in [3.05, 3.63) is 47.6 Å². The maximum atomic E-state index is 10.5. The van der Waals surface area contributed by atoms with Crippen molar-refractivity contribution in [3.8, 4) is 11.8 Å². The molecule has 0 heterocycles. The van der Waals surface area contributed by atoms with Crippen LogP contribution in [-0.4, -0.2) is 33.1 Å². The third-order valence-electron chi connectivity index (χ3n) is 8.93. The lowest BCUT2D eigenvalue weighted by Gasteiger charge is -2.42. The Labute approximate surface area is 201 Å². The molecule has 3 aliphatic carbocycles. The molecule has 5 atom stereocenters. The molecule has 3 saturated carbocycles. The minimum absolute atomic E-state index is 0.185. The highest BCUT2D eigenvalue weighted by Gasteiger charge is 2.49. The van der Waals surface area contributed by atoms with Crippen LogP contribution in [0.4, 0.5) is 0 Å². The van der Waals surface area contributed by atoms with Crippen LogP contribution in [-0.2, 0) is 0 Å². The summed E-state index contributed by atoms with van der Waals surface area (Å²) < 4.78 is 0. The van der Waals surface area contributed by atoms with Crippen molar-refractivity contribution < 1.29 is 15.3 Å². The monoisotopic (exact) mass is 452 g/mol. The number of allylic oxidation sites excluding steroid dienone is 4. The van der Waals surface area contributed by atoms with Gasteiger partial charge in [-0.05, 0) is 91.8 Å². The summed E-state index contributed by atoms with van der Waals surface area (Å²) in [7, 11) is 0. The Hall–Kier alpha value is -1.60. The lowest BCUT2D eigenvalue weighted by atomic mass is 9.62. The normalized spacial score (nSPS) is 34.8. The van der Waals surface area contributed by atoms with Crippen molar-refractivity contribution in [2.24, 2.45) is 17.3 Å². The summed E-state index contributed by atoms with van der Waals surface area (Å²) in [6.45, 7) is 14.9. The molecule has 0 amide bonds. The number of aliphatic hydroxyl groups is 3. The van der Waals surface area contributed by atoms with Crippen LogP contribution in [0.5, 0.6) is 0 Å². The fourth-order valence-electron chi connectivity index (χ4n) is 6.44. The number of hydrogen-bond donors (Lipinski definition) is 3. The van der Waals surface area contributed by atoms with Gasteiger partial charge in [-0.3, -0.25) is 0 Å². The maximum Gasteiger partial charge on any atom is 0.0811 e. The molecule has 3 N–H and O–H groups in total. The minimum Gasteiger partial charge on any atom is -0.393 e. The topological polar surface area (TPSA) is 60.7 Å². The van der Waals surface area contributed by atoms with E-state index in [9.17, 15) is 15.3 Å². The van der Waals surface area contributed by atoms with E-state index in [1.54, 1.807) is 0 Å². The summed E-state index contributed by atoms with van der Waals surface area (Å²) in [5, 5.41) is 30.7. The Bertz CT molecular complexity index is 863. The predicted octanol–water partition coefficient (Wildman–Crippen LogP) is 6.02. The summed E-state index contributed by atoms with van der Waals surface area (Å²) >= 11 is 0. The molecule has 0 saturated heterocycles. The molecule has 0 bridgehead atoms. The average molecular weight is 453 g/mol. The van der Waals surface area contributed by atoms with Gasteiger partial charge < -0.3 is 15.3 Å². The van der Waals surface area contributed by atoms with Crippen LogP contribution in [0.1, 0.15) is 91.4 Å². The van der Waals surface area contributed by atoms with Crippen molar-refractivity contribution in [1.29, 1.82) is 0 Å². The molecular weight excluding hydrogens is 408 g/mol. The Morgan fingerprint density at radius 3 is 2.64 bits per heavy atom. The van der Waals surface area contributed by atoms with Crippen molar-refractivity contribution in [3.63, 3.8) is 0 Å². The Kier molecular flexibility index (Phi) is 8.49. The fraction of sp³-hybridized carbons (Fsp3) is 0.667. The van der Waals surface area contributed by atoms with E-state index in [2.05, 4.69) is 44.1 Å². The Morgan fingerprint density at radius 2 is 1.94 bits per heavy atom. The second-order valence-electron chi connectivity index (χ2n) is 10.9. The smallest absolute Gasteiger partial charge is 0.0811 e. The third-order valence-corrected chi connectivity index (χ3v) is 8.93. The molecule has 33 heavy (non-hydrogen) atoms. The molecule has 0 radical (unpaired) electrons. The van der Waals surface area contributed by atoms with Gasteiger partial charge in [0.2, 0.25) is 0 Å². The predicted molar refractivity (Wildman–Crippen MR) is 136 cm³/mol. The van der Waals surface area contributed by atoms with Crippen molar-refractivity contribution in [2.45, 2.75) is 109 Å². The molecule has 3 rings (SSSR count). The minimum atomic E-state index is -0.640. The summed E-state index contributed by atoms with van der Waals surface area (Å²) in [5.41, 5.74) is 3.87. The first-order valence-electron chi connectivity index (χ1n) is 13.0. The summed E-state index contributed by atoms with van der Waals surface area (Å²) in [6, 6.07) is 0. The van der Waals surface area contributed by atoms with Crippen LogP contribution in [0.25, 0.3) is 0 Å².